The molecule has 2 N–H and O–H groups in total. The van der Waals surface area contributed by atoms with Crippen LogP contribution in [0, 0.1) is 0 Å². The molecule has 0 aliphatic carbocycles. The molecule has 0 unspecified atom stereocenters. The van der Waals surface area contributed by atoms with E-state index >= 15 is 0 Å². The minimum absolute atomic E-state index is 0.0364. The summed E-state index contributed by atoms with van der Waals surface area (Å²) in [5.41, 5.74) is 0.751. The zero-order chi connectivity index (χ0) is 17.1. The Morgan fingerprint density at radius 1 is 1.04 bits per heavy atom. The van der Waals surface area contributed by atoms with E-state index in [4.69, 9.17) is 0 Å². The largest absolute Gasteiger partial charge is 0.508 e. The van der Waals surface area contributed by atoms with E-state index in [-0.39, 0.29) is 17.4 Å². The molecule has 0 radical (unpaired) electrons. The van der Waals surface area contributed by atoms with Crippen LogP contribution >= 0.6 is 0 Å². The molecule has 0 saturated carbocycles. The van der Waals surface area contributed by atoms with Gasteiger partial charge in [-0.05, 0) is 47.2 Å². The standard InChI is InChI=1S/C18H13F2NO3/c19-18(20)24-14-5-2-4-12(10-14)21-17(23)16-6-1-3-11-9-13(22)7-8-15(11)16/h1-10,18,22H,(H,21,23). The first-order chi connectivity index (χ1) is 11.5. The molecule has 24 heavy (non-hydrogen) atoms. The van der Waals surface area contributed by atoms with Gasteiger partial charge in [0.1, 0.15) is 11.5 Å². The number of rotatable bonds is 4. The summed E-state index contributed by atoms with van der Waals surface area (Å²) in [6, 6.07) is 15.6. The quantitative estimate of drug-likeness (QED) is 0.746. The highest BCUT2D eigenvalue weighted by molar-refractivity contribution is 6.13. The number of amides is 1. The number of hydrogen-bond acceptors (Lipinski definition) is 3. The lowest BCUT2D eigenvalue weighted by molar-refractivity contribution is -0.0497. The van der Waals surface area contributed by atoms with Gasteiger partial charge in [0.05, 0.1) is 0 Å². The number of phenols is 1. The van der Waals surface area contributed by atoms with Crippen molar-refractivity contribution in [3.63, 3.8) is 0 Å². The molecule has 3 aromatic carbocycles. The topological polar surface area (TPSA) is 58.6 Å². The number of benzene rings is 3. The third-order valence-electron chi connectivity index (χ3n) is 3.43. The number of carbonyl (C=O) groups excluding carboxylic acids is 1. The molecule has 122 valence electrons. The van der Waals surface area contributed by atoms with Crippen LogP contribution in [-0.4, -0.2) is 17.6 Å². The van der Waals surface area contributed by atoms with Crippen LogP contribution in [0.1, 0.15) is 10.4 Å². The van der Waals surface area contributed by atoms with Crippen molar-refractivity contribution < 1.29 is 23.4 Å². The maximum atomic E-state index is 12.5. The van der Waals surface area contributed by atoms with Crippen LogP contribution in [0.5, 0.6) is 11.5 Å². The number of ether oxygens (including phenoxy) is 1. The maximum absolute atomic E-state index is 12.5. The zero-order valence-corrected chi connectivity index (χ0v) is 12.4. The van der Waals surface area contributed by atoms with Gasteiger partial charge in [-0.15, -0.1) is 0 Å². The first kappa shape index (κ1) is 15.7. The number of halogens is 2. The molecule has 0 aliphatic heterocycles. The second kappa shape index (κ2) is 6.54. The van der Waals surface area contributed by atoms with E-state index < -0.39 is 6.61 Å². The lowest BCUT2D eigenvalue weighted by Crippen LogP contribution is -2.12. The molecular formula is C18H13F2NO3. The Bertz CT molecular complexity index is 896. The second-order valence-electron chi connectivity index (χ2n) is 5.07. The highest BCUT2D eigenvalue weighted by Gasteiger charge is 2.11. The Hall–Kier alpha value is -3.15. The number of anilines is 1. The molecule has 3 aromatic rings. The molecule has 1 amide bonds. The van der Waals surface area contributed by atoms with E-state index in [2.05, 4.69) is 10.1 Å². The summed E-state index contributed by atoms with van der Waals surface area (Å²) in [5, 5.41) is 13.6. The van der Waals surface area contributed by atoms with Gasteiger partial charge in [0.25, 0.3) is 5.91 Å². The van der Waals surface area contributed by atoms with Crippen LogP contribution in [0.4, 0.5) is 14.5 Å². The Labute approximate surface area is 136 Å². The molecule has 0 heterocycles. The Morgan fingerprint density at radius 2 is 1.83 bits per heavy atom. The SMILES string of the molecule is O=C(Nc1cccc(OC(F)F)c1)c1cccc2cc(O)ccc12. The minimum atomic E-state index is -2.93. The van der Waals surface area contributed by atoms with Gasteiger partial charge >= 0.3 is 6.61 Å². The number of hydrogen-bond donors (Lipinski definition) is 2. The smallest absolute Gasteiger partial charge is 0.387 e. The van der Waals surface area contributed by atoms with Crippen LogP contribution in [-0.2, 0) is 0 Å². The van der Waals surface area contributed by atoms with Gasteiger partial charge < -0.3 is 15.2 Å². The minimum Gasteiger partial charge on any atom is -0.508 e. The Balaban J connectivity index is 1.88. The van der Waals surface area contributed by atoms with E-state index in [1.165, 1.54) is 24.3 Å². The molecule has 0 aromatic heterocycles. The van der Waals surface area contributed by atoms with Gasteiger partial charge in [-0.25, -0.2) is 0 Å². The molecule has 0 bridgehead atoms. The van der Waals surface area contributed by atoms with Crippen LogP contribution < -0.4 is 10.1 Å². The van der Waals surface area contributed by atoms with Crippen LogP contribution in [0.3, 0.4) is 0 Å². The van der Waals surface area contributed by atoms with E-state index in [1.807, 2.05) is 0 Å². The summed E-state index contributed by atoms with van der Waals surface area (Å²) in [6.07, 6.45) is 0. The lowest BCUT2D eigenvalue weighted by atomic mass is 10.0. The van der Waals surface area contributed by atoms with Crippen LogP contribution in [0.2, 0.25) is 0 Å². The zero-order valence-electron chi connectivity index (χ0n) is 12.4. The predicted octanol–water partition coefficient (Wildman–Crippen LogP) is 4.40. The number of nitrogens with one attached hydrogen (secondary N) is 1. The first-order valence-corrected chi connectivity index (χ1v) is 7.11. The summed E-state index contributed by atoms with van der Waals surface area (Å²) in [6.45, 7) is -2.93. The maximum Gasteiger partial charge on any atom is 0.387 e. The monoisotopic (exact) mass is 329 g/mol. The number of carbonyl (C=O) groups is 1. The fourth-order valence-electron chi connectivity index (χ4n) is 2.42. The number of phenolic OH excluding ortho intramolecular Hbond substituents is 1. The Morgan fingerprint density at radius 3 is 2.62 bits per heavy atom. The van der Waals surface area contributed by atoms with E-state index in [9.17, 15) is 18.7 Å². The molecular weight excluding hydrogens is 316 g/mol. The fraction of sp³-hybridized carbons (Fsp3) is 0.0556. The number of alkyl halides is 2. The van der Waals surface area contributed by atoms with Gasteiger partial charge in [-0.3, -0.25) is 4.79 Å². The van der Waals surface area contributed by atoms with Crippen molar-refractivity contribution in [2.75, 3.05) is 5.32 Å². The second-order valence-corrected chi connectivity index (χ2v) is 5.07. The molecule has 0 spiro atoms. The highest BCUT2D eigenvalue weighted by atomic mass is 19.3. The van der Waals surface area contributed by atoms with Crippen molar-refractivity contribution in [3.8, 4) is 11.5 Å². The average Bonchev–Trinajstić information content (AvgIpc) is 2.53. The number of fused-ring (bicyclic) bond motifs is 1. The van der Waals surface area contributed by atoms with E-state index in [1.54, 1.807) is 36.4 Å². The molecule has 0 aliphatic rings. The third-order valence-corrected chi connectivity index (χ3v) is 3.43. The molecule has 3 rings (SSSR count). The third kappa shape index (κ3) is 3.43. The van der Waals surface area contributed by atoms with Crippen molar-refractivity contribution in [2.24, 2.45) is 0 Å². The summed E-state index contributed by atoms with van der Waals surface area (Å²) in [7, 11) is 0. The molecule has 0 atom stereocenters. The molecule has 0 fully saturated rings. The van der Waals surface area contributed by atoms with Crippen LogP contribution in [0.15, 0.2) is 60.7 Å². The van der Waals surface area contributed by atoms with Gasteiger partial charge in [-0.1, -0.05) is 18.2 Å². The van der Waals surface area contributed by atoms with Crippen molar-refractivity contribution in [1.82, 2.24) is 0 Å². The summed E-state index contributed by atoms with van der Waals surface area (Å²) in [5.74, 6) is -0.317. The van der Waals surface area contributed by atoms with Crippen molar-refractivity contribution in [3.05, 3.63) is 66.2 Å². The first-order valence-electron chi connectivity index (χ1n) is 7.11. The van der Waals surface area contributed by atoms with Crippen LogP contribution in [0.25, 0.3) is 10.8 Å². The fourth-order valence-corrected chi connectivity index (χ4v) is 2.42. The van der Waals surface area contributed by atoms with Gasteiger partial charge in [0.15, 0.2) is 0 Å². The van der Waals surface area contributed by atoms with Gasteiger partial charge in [0.2, 0.25) is 0 Å². The predicted molar refractivity (Wildman–Crippen MR) is 86.6 cm³/mol. The average molecular weight is 329 g/mol. The van der Waals surface area contributed by atoms with Crippen molar-refractivity contribution in [2.45, 2.75) is 6.61 Å². The van der Waals surface area contributed by atoms with E-state index in [0.717, 1.165) is 5.39 Å². The molecule has 4 nitrogen and oxygen atoms in total. The van der Waals surface area contributed by atoms with Gasteiger partial charge in [0, 0.05) is 17.3 Å². The summed E-state index contributed by atoms with van der Waals surface area (Å²) < 4.78 is 28.8. The van der Waals surface area contributed by atoms with Crippen molar-refractivity contribution in [1.29, 1.82) is 0 Å². The molecule has 0 saturated heterocycles. The van der Waals surface area contributed by atoms with E-state index in [0.29, 0.717) is 16.6 Å². The number of aromatic hydroxyl groups is 1. The lowest BCUT2D eigenvalue weighted by Gasteiger charge is -2.10. The van der Waals surface area contributed by atoms with Crippen molar-refractivity contribution >= 4 is 22.4 Å². The molecule has 6 heteroatoms. The highest BCUT2D eigenvalue weighted by Crippen LogP contribution is 2.25. The Kier molecular flexibility index (Phi) is 4.29. The summed E-state index contributed by atoms with van der Waals surface area (Å²) in [4.78, 5) is 12.5. The summed E-state index contributed by atoms with van der Waals surface area (Å²) >= 11 is 0. The normalized spacial score (nSPS) is 10.8. The van der Waals surface area contributed by atoms with Gasteiger partial charge in [-0.2, -0.15) is 8.78 Å².